The second-order valence-electron chi connectivity index (χ2n) is 16.3. The highest BCUT2D eigenvalue weighted by molar-refractivity contribution is 5.97. The second kappa shape index (κ2) is 26.2. The van der Waals surface area contributed by atoms with Gasteiger partial charge in [0.25, 0.3) is 0 Å². The maximum atomic E-state index is 14.2. The van der Waals surface area contributed by atoms with Crippen molar-refractivity contribution in [3.05, 3.63) is 29.8 Å². The minimum atomic E-state index is -1.52. The summed E-state index contributed by atoms with van der Waals surface area (Å²) in [4.78, 5) is 108. The van der Waals surface area contributed by atoms with Crippen molar-refractivity contribution in [1.29, 1.82) is 0 Å². The molecule has 10 atom stereocenters. The summed E-state index contributed by atoms with van der Waals surface area (Å²) in [7, 11) is 0. The van der Waals surface area contributed by atoms with Crippen LogP contribution in [-0.4, -0.2) is 106 Å². The SMILES string of the molecule is CCCCCCCCC(C)C1CC(=O)NC(C(C)O)C(=O)NC(C)C(=O)NC(C)C(=O)NC(CCC(N)=O)C(=O)NC(Cc2ccc(O)cc2)C(=O)NC(C(C)CC)C(=O)O1. The number of benzene rings is 1. The van der Waals surface area contributed by atoms with Crippen molar-refractivity contribution in [2.75, 3.05) is 0 Å². The number of cyclic esters (lactones) is 1. The number of phenolic OH excluding ortho intramolecular Hbond substituents is 1. The quantitative estimate of drug-likeness (QED) is 0.0843. The predicted molar refractivity (Wildman–Crippen MR) is 226 cm³/mol. The lowest BCUT2D eigenvalue weighted by atomic mass is 9.93. The first-order valence-corrected chi connectivity index (χ1v) is 21.5. The molecule has 1 saturated heterocycles. The fourth-order valence-corrected chi connectivity index (χ4v) is 6.73. The van der Waals surface area contributed by atoms with E-state index in [1.54, 1.807) is 19.1 Å². The monoisotopic (exact) mass is 860 g/mol. The first kappa shape index (κ1) is 51.9. The van der Waals surface area contributed by atoms with Crippen LogP contribution in [-0.2, 0) is 49.5 Å². The predicted octanol–water partition coefficient (Wildman–Crippen LogP) is 1.28. The molecule has 0 saturated carbocycles. The molecule has 1 aromatic rings. The molecule has 0 radical (unpaired) electrons. The normalized spacial score (nSPS) is 25.7. The van der Waals surface area contributed by atoms with Crippen LogP contribution in [0.2, 0.25) is 0 Å². The molecule has 1 aromatic carbocycles. The Labute approximate surface area is 359 Å². The van der Waals surface area contributed by atoms with E-state index in [2.05, 4.69) is 38.8 Å². The molecule has 7 amide bonds. The molecule has 18 heteroatoms. The van der Waals surface area contributed by atoms with Crippen molar-refractivity contribution >= 4 is 47.3 Å². The number of ether oxygens (including phenoxy) is 1. The standard InChI is InChI=1S/C43H69N7O11/c1-8-10-11-12-13-14-15-25(4)33-23-35(54)49-37(28(7)51)42(59)46-26(5)38(55)45-27(6)39(56)47-31(20-21-34(44)53)40(57)48-32(22-29-16-18-30(52)19-17-29)41(58)50-36(24(3)9-2)43(60)61-33/h16-19,24-28,31-33,36-37,51-52H,8-15,20-23H2,1-7H3,(H2,44,53)(H,45,55)(H,46,59)(H,47,56)(H,48,57)(H,49,54)(H,50,58). The number of aromatic hydroxyl groups is 1. The van der Waals surface area contributed by atoms with E-state index in [-0.39, 0.29) is 30.9 Å². The Hall–Kier alpha value is -5.26. The van der Waals surface area contributed by atoms with Gasteiger partial charge in [-0.15, -0.1) is 0 Å². The number of amides is 7. The van der Waals surface area contributed by atoms with Gasteiger partial charge in [0.05, 0.1) is 12.5 Å². The van der Waals surface area contributed by atoms with Gasteiger partial charge in [0.2, 0.25) is 41.4 Å². The molecule has 61 heavy (non-hydrogen) atoms. The van der Waals surface area contributed by atoms with Gasteiger partial charge in [-0.05, 0) is 63.1 Å². The molecule has 1 fully saturated rings. The number of esters is 1. The Morgan fingerprint density at radius 3 is 1.87 bits per heavy atom. The molecule has 0 bridgehead atoms. The number of aliphatic hydroxyl groups is 1. The Balaban J connectivity index is 2.65. The summed E-state index contributed by atoms with van der Waals surface area (Å²) in [5, 5.41) is 35.7. The van der Waals surface area contributed by atoms with Crippen molar-refractivity contribution in [3.63, 3.8) is 0 Å². The van der Waals surface area contributed by atoms with Gasteiger partial charge in [-0.1, -0.05) is 84.8 Å². The Morgan fingerprint density at radius 1 is 0.721 bits per heavy atom. The lowest BCUT2D eigenvalue weighted by molar-refractivity contribution is -0.159. The van der Waals surface area contributed by atoms with E-state index in [4.69, 9.17) is 10.5 Å². The zero-order valence-electron chi connectivity index (χ0n) is 36.7. The third kappa shape index (κ3) is 18.1. The van der Waals surface area contributed by atoms with Crippen molar-refractivity contribution in [3.8, 4) is 5.75 Å². The van der Waals surface area contributed by atoms with Crippen LogP contribution in [0.4, 0.5) is 0 Å². The Morgan fingerprint density at radius 2 is 1.28 bits per heavy atom. The number of unbranched alkanes of at least 4 members (excludes halogenated alkanes) is 5. The third-order valence-corrected chi connectivity index (χ3v) is 11.0. The zero-order valence-corrected chi connectivity index (χ0v) is 36.7. The van der Waals surface area contributed by atoms with Gasteiger partial charge in [0.1, 0.15) is 48.1 Å². The molecule has 342 valence electrons. The summed E-state index contributed by atoms with van der Waals surface area (Å²) in [6.07, 6.45) is 3.47. The largest absolute Gasteiger partial charge is 0.508 e. The van der Waals surface area contributed by atoms with E-state index in [9.17, 15) is 48.6 Å². The van der Waals surface area contributed by atoms with E-state index < -0.39 is 108 Å². The number of hydrogen-bond donors (Lipinski definition) is 9. The number of phenols is 1. The number of carbonyl (C=O) groups is 8. The molecule has 18 nitrogen and oxygen atoms in total. The van der Waals surface area contributed by atoms with Crippen LogP contribution >= 0.6 is 0 Å². The van der Waals surface area contributed by atoms with E-state index >= 15 is 0 Å². The van der Waals surface area contributed by atoms with Crippen LogP contribution < -0.4 is 37.6 Å². The number of nitrogens with one attached hydrogen (secondary N) is 6. The first-order valence-electron chi connectivity index (χ1n) is 21.5. The second-order valence-corrected chi connectivity index (χ2v) is 16.3. The maximum Gasteiger partial charge on any atom is 0.329 e. The van der Waals surface area contributed by atoms with E-state index in [0.717, 1.165) is 38.5 Å². The number of nitrogens with two attached hydrogens (primary N) is 1. The van der Waals surface area contributed by atoms with Crippen molar-refractivity contribution < 1.29 is 53.3 Å². The smallest absolute Gasteiger partial charge is 0.329 e. The molecule has 0 aliphatic carbocycles. The maximum absolute atomic E-state index is 14.2. The molecule has 2 rings (SSSR count). The van der Waals surface area contributed by atoms with Gasteiger partial charge in [-0.25, -0.2) is 4.79 Å². The number of aliphatic hydroxyl groups excluding tert-OH is 1. The topological polar surface area (TPSA) is 284 Å². The summed E-state index contributed by atoms with van der Waals surface area (Å²) in [5.74, 6) is -7.45. The van der Waals surface area contributed by atoms with Gasteiger partial charge in [0, 0.05) is 12.8 Å². The summed E-state index contributed by atoms with van der Waals surface area (Å²) in [6, 6.07) is -2.24. The van der Waals surface area contributed by atoms with Gasteiger partial charge < -0.3 is 52.6 Å². The molecule has 0 aromatic heterocycles. The number of rotatable bonds is 16. The van der Waals surface area contributed by atoms with E-state index in [0.29, 0.717) is 18.4 Å². The summed E-state index contributed by atoms with van der Waals surface area (Å²) >= 11 is 0. The lowest BCUT2D eigenvalue weighted by Crippen LogP contribution is -2.60. The fourth-order valence-electron chi connectivity index (χ4n) is 6.73. The summed E-state index contributed by atoms with van der Waals surface area (Å²) in [6.45, 7) is 11.4. The average molecular weight is 860 g/mol. The molecular weight excluding hydrogens is 791 g/mol. The number of primary amides is 1. The van der Waals surface area contributed by atoms with Crippen LogP contribution in [0.15, 0.2) is 24.3 Å². The molecule has 1 aliphatic heterocycles. The molecule has 1 heterocycles. The highest BCUT2D eigenvalue weighted by Gasteiger charge is 2.37. The number of carbonyl (C=O) groups excluding carboxylic acids is 8. The fraction of sp³-hybridized carbons (Fsp3) is 0.674. The van der Waals surface area contributed by atoms with Gasteiger partial charge in [-0.3, -0.25) is 33.6 Å². The molecular formula is C43H69N7O11. The molecule has 10 unspecified atom stereocenters. The Kier molecular flexibility index (Phi) is 22.2. The average Bonchev–Trinajstić information content (AvgIpc) is 3.20. The van der Waals surface area contributed by atoms with Gasteiger partial charge >= 0.3 is 5.97 Å². The van der Waals surface area contributed by atoms with Crippen molar-refractivity contribution in [1.82, 2.24) is 31.9 Å². The summed E-state index contributed by atoms with van der Waals surface area (Å²) in [5.41, 5.74) is 5.89. The minimum Gasteiger partial charge on any atom is -0.508 e. The summed E-state index contributed by atoms with van der Waals surface area (Å²) < 4.78 is 6.07. The number of hydrogen-bond acceptors (Lipinski definition) is 11. The Bertz CT molecular complexity index is 1640. The van der Waals surface area contributed by atoms with Crippen LogP contribution in [0.25, 0.3) is 0 Å². The van der Waals surface area contributed by atoms with Crippen LogP contribution in [0.1, 0.15) is 125 Å². The zero-order chi connectivity index (χ0) is 45.8. The molecule has 10 N–H and O–H groups in total. The van der Waals surface area contributed by atoms with E-state index in [1.165, 1.54) is 32.9 Å². The van der Waals surface area contributed by atoms with Gasteiger partial charge in [-0.2, -0.15) is 0 Å². The van der Waals surface area contributed by atoms with Crippen LogP contribution in [0, 0.1) is 11.8 Å². The highest BCUT2D eigenvalue weighted by atomic mass is 16.5. The highest BCUT2D eigenvalue weighted by Crippen LogP contribution is 2.22. The molecule has 0 spiro atoms. The van der Waals surface area contributed by atoms with Crippen molar-refractivity contribution in [2.24, 2.45) is 17.6 Å². The first-order chi connectivity index (χ1) is 28.8. The van der Waals surface area contributed by atoms with E-state index in [1.807, 2.05) is 13.8 Å². The lowest BCUT2D eigenvalue weighted by Gasteiger charge is -2.31. The van der Waals surface area contributed by atoms with Crippen molar-refractivity contribution in [2.45, 2.75) is 174 Å². The van der Waals surface area contributed by atoms with Gasteiger partial charge in [0.15, 0.2) is 0 Å². The van der Waals surface area contributed by atoms with Crippen LogP contribution in [0.5, 0.6) is 5.75 Å². The third-order valence-electron chi connectivity index (χ3n) is 11.0. The molecule has 1 aliphatic rings. The van der Waals surface area contributed by atoms with Crippen LogP contribution in [0.3, 0.4) is 0 Å². The minimum absolute atomic E-state index is 0.0399.